The third kappa shape index (κ3) is 2.54. The summed E-state index contributed by atoms with van der Waals surface area (Å²) in [7, 11) is 0. The van der Waals surface area contributed by atoms with Crippen LogP contribution in [-0.2, 0) is 0 Å². The van der Waals surface area contributed by atoms with Gasteiger partial charge in [-0.1, -0.05) is 17.3 Å². The van der Waals surface area contributed by atoms with Crippen molar-refractivity contribution in [3.63, 3.8) is 0 Å². The highest BCUT2D eigenvalue weighted by atomic mass is 79.9. The maximum absolute atomic E-state index is 12.3. The molecule has 0 aliphatic carbocycles. The molecule has 2 heterocycles. The van der Waals surface area contributed by atoms with Crippen LogP contribution in [0.1, 0.15) is 26.9 Å². The number of hydrogen-bond acceptors (Lipinski definition) is 4. The Balaban J connectivity index is 1.66. The predicted octanol–water partition coefficient (Wildman–Crippen LogP) is 1.44. The molecule has 0 atom stereocenters. The van der Waals surface area contributed by atoms with E-state index in [4.69, 9.17) is 5.11 Å². The molecular formula is C13H11BrN4O3. The molecule has 1 N–H and O–H groups in total. The van der Waals surface area contributed by atoms with Gasteiger partial charge in [-0.25, -0.2) is 9.48 Å². The van der Waals surface area contributed by atoms with Gasteiger partial charge in [-0.15, -0.1) is 5.10 Å². The number of rotatable bonds is 3. The monoisotopic (exact) mass is 350 g/mol. The van der Waals surface area contributed by atoms with Crippen molar-refractivity contribution in [2.75, 3.05) is 13.1 Å². The minimum absolute atomic E-state index is 0.0305. The molecule has 1 saturated heterocycles. The number of benzene rings is 1. The van der Waals surface area contributed by atoms with Gasteiger partial charge in [0.25, 0.3) is 5.91 Å². The molecule has 8 heteroatoms. The lowest BCUT2D eigenvalue weighted by molar-refractivity contribution is 0.0496. The first-order chi connectivity index (χ1) is 10.1. The lowest BCUT2D eigenvalue weighted by Gasteiger charge is -2.39. The summed E-state index contributed by atoms with van der Waals surface area (Å²) < 4.78 is 2.25. The van der Waals surface area contributed by atoms with Crippen LogP contribution in [0.15, 0.2) is 34.9 Å². The van der Waals surface area contributed by atoms with Crippen LogP contribution in [-0.4, -0.2) is 50.0 Å². The fourth-order valence-electron chi connectivity index (χ4n) is 2.15. The average molecular weight is 351 g/mol. The molecule has 1 amide bonds. The van der Waals surface area contributed by atoms with Crippen LogP contribution < -0.4 is 0 Å². The molecule has 1 aliphatic heterocycles. The Bertz CT molecular complexity index is 709. The zero-order valence-corrected chi connectivity index (χ0v) is 12.4. The number of nitrogens with zero attached hydrogens (tertiary/aromatic N) is 4. The van der Waals surface area contributed by atoms with Crippen molar-refractivity contribution < 1.29 is 14.7 Å². The van der Waals surface area contributed by atoms with Gasteiger partial charge in [0.05, 0.1) is 17.8 Å². The highest BCUT2D eigenvalue weighted by Crippen LogP contribution is 2.25. The quantitative estimate of drug-likeness (QED) is 0.904. The van der Waals surface area contributed by atoms with Crippen LogP contribution in [0.5, 0.6) is 0 Å². The molecule has 21 heavy (non-hydrogen) atoms. The molecule has 1 aromatic heterocycles. The third-order valence-corrected chi connectivity index (χ3v) is 4.05. The van der Waals surface area contributed by atoms with E-state index in [9.17, 15) is 9.59 Å². The molecule has 7 nitrogen and oxygen atoms in total. The number of carboxylic acid groups (broad SMARTS) is 1. The van der Waals surface area contributed by atoms with E-state index >= 15 is 0 Å². The normalized spacial score (nSPS) is 14.8. The van der Waals surface area contributed by atoms with E-state index in [0.29, 0.717) is 18.7 Å². The van der Waals surface area contributed by atoms with Gasteiger partial charge in [0, 0.05) is 17.6 Å². The van der Waals surface area contributed by atoms with Crippen LogP contribution in [0.2, 0.25) is 0 Å². The minimum atomic E-state index is -1.11. The van der Waals surface area contributed by atoms with Crippen molar-refractivity contribution in [1.82, 2.24) is 19.9 Å². The summed E-state index contributed by atoms with van der Waals surface area (Å²) in [6, 6.07) is 7.21. The van der Waals surface area contributed by atoms with E-state index in [1.165, 1.54) is 10.9 Å². The summed E-state index contributed by atoms with van der Waals surface area (Å²) in [6.45, 7) is 0.977. The van der Waals surface area contributed by atoms with E-state index in [0.717, 1.165) is 4.47 Å². The maximum Gasteiger partial charge on any atom is 0.358 e. The van der Waals surface area contributed by atoms with Gasteiger partial charge in [-0.05, 0) is 28.1 Å². The van der Waals surface area contributed by atoms with Gasteiger partial charge in [0.15, 0.2) is 5.69 Å². The highest BCUT2D eigenvalue weighted by molar-refractivity contribution is 9.10. The van der Waals surface area contributed by atoms with Crippen molar-refractivity contribution in [2.24, 2.45) is 0 Å². The topological polar surface area (TPSA) is 88.3 Å². The molecule has 0 saturated carbocycles. The Hall–Kier alpha value is -2.22. The Morgan fingerprint density at radius 1 is 1.29 bits per heavy atom. The fraction of sp³-hybridized carbons (Fsp3) is 0.231. The highest BCUT2D eigenvalue weighted by Gasteiger charge is 2.34. The summed E-state index contributed by atoms with van der Waals surface area (Å²) in [5.74, 6) is -1.17. The lowest BCUT2D eigenvalue weighted by Crippen LogP contribution is -2.51. The Kier molecular flexibility index (Phi) is 3.46. The van der Waals surface area contributed by atoms with Crippen molar-refractivity contribution in [3.05, 3.63) is 46.2 Å². The SMILES string of the molecule is O=C(O)c1cn(C2CN(C(=O)c3ccccc3Br)C2)nn1. The third-order valence-electron chi connectivity index (χ3n) is 3.36. The standard InChI is InChI=1S/C13H11BrN4O3/c14-10-4-2-1-3-9(10)12(19)17-5-8(6-17)18-7-11(13(20)21)15-16-18/h1-4,7-8H,5-6H2,(H,20,21). The van der Waals surface area contributed by atoms with Gasteiger partial charge >= 0.3 is 5.97 Å². The number of carbonyl (C=O) groups excluding carboxylic acids is 1. The van der Waals surface area contributed by atoms with E-state index in [2.05, 4.69) is 26.2 Å². The van der Waals surface area contributed by atoms with E-state index in [1.54, 1.807) is 11.0 Å². The van der Waals surface area contributed by atoms with Crippen LogP contribution in [0, 0.1) is 0 Å². The molecule has 0 radical (unpaired) electrons. The summed E-state index contributed by atoms with van der Waals surface area (Å²) in [5.41, 5.74) is 0.520. The number of aromatic carboxylic acids is 1. The molecule has 1 fully saturated rings. The van der Waals surface area contributed by atoms with Crippen molar-refractivity contribution in [2.45, 2.75) is 6.04 Å². The number of carboxylic acids is 1. The van der Waals surface area contributed by atoms with Crippen LogP contribution in [0.4, 0.5) is 0 Å². The average Bonchev–Trinajstić information content (AvgIpc) is 2.87. The smallest absolute Gasteiger partial charge is 0.358 e. The van der Waals surface area contributed by atoms with Gasteiger partial charge < -0.3 is 10.0 Å². The number of amides is 1. The van der Waals surface area contributed by atoms with Crippen molar-refractivity contribution in [3.8, 4) is 0 Å². The lowest BCUT2D eigenvalue weighted by atomic mass is 10.1. The number of likely N-dealkylation sites (tertiary alicyclic amines) is 1. The van der Waals surface area contributed by atoms with E-state index in [1.807, 2.05) is 18.2 Å². The van der Waals surface area contributed by atoms with Gasteiger partial charge in [0.2, 0.25) is 0 Å². The predicted molar refractivity (Wildman–Crippen MR) is 76.1 cm³/mol. The van der Waals surface area contributed by atoms with E-state index in [-0.39, 0.29) is 17.6 Å². The van der Waals surface area contributed by atoms with Crippen LogP contribution in [0.3, 0.4) is 0 Å². The van der Waals surface area contributed by atoms with E-state index < -0.39 is 5.97 Å². The van der Waals surface area contributed by atoms with Gasteiger partial charge in [-0.2, -0.15) is 0 Å². The minimum Gasteiger partial charge on any atom is -0.476 e. The van der Waals surface area contributed by atoms with Gasteiger partial charge in [0.1, 0.15) is 0 Å². The number of aromatic nitrogens is 3. The first-order valence-corrected chi connectivity index (χ1v) is 7.04. The van der Waals surface area contributed by atoms with Crippen LogP contribution >= 0.6 is 15.9 Å². The maximum atomic E-state index is 12.3. The van der Waals surface area contributed by atoms with Crippen LogP contribution in [0.25, 0.3) is 0 Å². The zero-order valence-electron chi connectivity index (χ0n) is 10.8. The second-order valence-electron chi connectivity index (χ2n) is 4.73. The number of halogens is 1. The molecular weight excluding hydrogens is 340 g/mol. The molecule has 1 aliphatic rings. The molecule has 1 aromatic carbocycles. The second kappa shape index (κ2) is 5.28. The van der Waals surface area contributed by atoms with Crippen molar-refractivity contribution >= 4 is 27.8 Å². The largest absolute Gasteiger partial charge is 0.476 e. The molecule has 3 rings (SSSR count). The molecule has 108 valence electrons. The molecule has 2 aromatic rings. The fourth-order valence-corrected chi connectivity index (χ4v) is 2.60. The Morgan fingerprint density at radius 2 is 2.00 bits per heavy atom. The molecule has 0 bridgehead atoms. The first-order valence-electron chi connectivity index (χ1n) is 6.25. The molecule has 0 unspecified atom stereocenters. The Labute approximate surface area is 128 Å². The molecule has 0 spiro atoms. The van der Waals surface area contributed by atoms with Crippen molar-refractivity contribution in [1.29, 1.82) is 0 Å². The van der Waals surface area contributed by atoms with Gasteiger partial charge in [-0.3, -0.25) is 4.79 Å². The summed E-state index contributed by atoms with van der Waals surface area (Å²) in [5, 5.41) is 16.1. The first kappa shape index (κ1) is 13.7. The Morgan fingerprint density at radius 3 is 2.62 bits per heavy atom. The zero-order chi connectivity index (χ0) is 15.0. The summed E-state index contributed by atoms with van der Waals surface area (Å²) in [4.78, 5) is 24.7. The second-order valence-corrected chi connectivity index (χ2v) is 5.59. The summed E-state index contributed by atoms with van der Waals surface area (Å²) in [6.07, 6.45) is 1.38. The summed E-state index contributed by atoms with van der Waals surface area (Å²) >= 11 is 3.36. The number of hydrogen-bond donors (Lipinski definition) is 1. The number of carbonyl (C=O) groups is 2.